The molecule has 0 bridgehead atoms. The number of aromatic nitrogens is 1. The van der Waals surface area contributed by atoms with Crippen molar-refractivity contribution in [3.05, 3.63) is 16.6 Å². The average molecular weight is 254 g/mol. The summed E-state index contributed by atoms with van der Waals surface area (Å²) in [5.74, 6) is 0.543. The van der Waals surface area contributed by atoms with Gasteiger partial charge in [0.25, 0.3) is 0 Å². The van der Waals surface area contributed by atoms with Crippen molar-refractivity contribution in [3.8, 4) is 0 Å². The molecule has 2 N–H and O–H groups in total. The monoisotopic (exact) mass is 254 g/mol. The second-order valence-corrected chi connectivity index (χ2v) is 6.18. The van der Waals surface area contributed by atoms with Crippen molar-refractivity contribution in [2.45, 2.75) is 45.7 Å². The Morgan fingerprint density at radius 2 is 2.29 bits per heavy atom. The summed E-state index contributed by atoms with van der Waals surface area (Å²) in [7, 11) is 0. The standard InChI is InChI=1S/C13H22N2OS/c1-10(2)12(13(8-16)4-3-5-13)14-6-11-7-17-9-15-11/h7,9-10,12,14,16H,3-6,8H2,1-2H3. The van der Waals surface area contributed by atoms with E-state index in [1.165, 1.54) is 6.42 Å². The largest absolute Gasteiger partial charge is 0.396 e. The summed E-state index contributed by atoms with van der Waals surface area (Å²) in [6.45, 7) is 5.58. The lowest BCUT2D eigenvalue weighted by Gasteiger charge is -2.48. The lowest BCUT2D eigenvalue weighted by atomic mass is 9.62. The van der Waals surface area contributed by atoms with Crippen LogP contribution in [0.2, 0.25) is 0 Å². The molecule has 4 heteroatoms. The van der Waals surface area contributed by atoms with E-state index in [4.69, 9.17) is 0 Å². The zero-order valence-electron chi connectivity index (χ0n) is 10.6. The Bertz CT molecular complexity index is 328. The summed E-state index contributed by atoms with van der Waals surface area (Å²) >= 11 is 1.63. The fourth-order valence-electron chi connectivity index (χ4n) is 2.90. The quantitative estimate of drug-likeness (QED) is 0.819. The molecule has 1 fully saturated rings. The van der Waals surface area contributed by atoms with Crippen LogP contribution in [0.15, 0.2) is 10.9 Å². The predicted molar refractivity (Wildman–Crippen MR) is 70.9 cm³/mol. The van der Waals surface area contributed by atoms with E-state index < -0.39 is 0 Å². The van der Waals surface area contributed by atoms with Crippen molar-refractivity contribution in [2.24, 2.45) is 11.3 Å². The molecule has 0 amide bonds. The third-order valence-corrected chi connectivity index (χ3v) is 4.61. The van der Waals surface area contributed by atoms with Crippen LogP contribution in [0, 0.1) is 11.3 Å². The summed E-state index contributed by atoms with van der Waals surface area (Å²) in [5.41, 5.74) is 3.09. The molecule has 96 valence electrons. The second kappa shape index (κ2) is 5.46. The molecule has 0 spiro atoms. The van der Waals surface area contributed by atoms with Crippen molar-refractivity contribution >= 4 is 11.3 Å². The zero-order chi connectivity index (χ0) is 12.3. The first-order valence-electron chi connectivity index (χ1n) is 6.39. The molecule has 1 unspecified atom stereocenters. The maximum Gasteiger partial charge on any atom is 0.0795 e. The molecule has 1 atom stereocenters. The highest BCUT2D eigenvalue weighted by Gasteiger charge is 2.44. The van der Waals surface area contributed by atoms with E-state index in [0.717, 1.165) is 25.1 Å². The minimum Gasteiger partial charge on any atom is -0.396 e. The Balaban J connectivity index is 1.97. The SMILES string of the molecule is CC(C)C(NCc1cscn1)C1(CO)CCC1. The Labute approximate surface area is 107 Å². The van der Waals surface area contributed by atoms with Crippen molar-refractivity contribution in [2.75, 3.05) is 6.61 Å². The van der Waals surface area contributed by atoms with E-state index in [0.29, 0.717) is 18.6 Å². The molecule has 2 rings (SSSR count). The smallest absolute Gasteiger partial charge is 0.0795 e. The van der Waals surface area contributed by atoms with E-state index in [9.17, 15) is 5.11 Å². The maximum absolute atomic E-state index is 9.66. The zero-order valence-corrected chi connectivity index (χ0v) is 11.5. The van der Waals surface area contributed by atoms with Gasteiger partial charge in [-0.3, -0.25) is 0 Å². The van der Waals surface area contributed by atoms with E-state index in [2.05, 4.69) is 29.5 Å². The van der Waals surface area contributed by atoms with E-state index in [-0.39, 0.29) is 5.41 Å². The molecule has 1 aliphatic carbocycles. The third kappa shape index (κ3) is 2.69. The van der Waals surface area contributed by atoms with Gasteiger partial charge in [0.05, 0.1) is 17.8 Å². The Morgan fingerprint density at radius 1 is 1.53 bits per heavy atom. The van der Waals surface area contributed by atoms with Crippen LogP contribution in [0.5, 0.6) is 0 Å². The minimum atomic E-state index is 0.115. The Kier molecular flexibility index (Phi) is 4.17. The van der Waals surface area contributed by atoms with Crippen LogP contribution in [-0.2, 0) is 6.54 Å². The molecule has 0 saturated heterocycles. The molecule has 1 aliphatic rings. The van der Waals surface area contributed by atoms with E-state index in [1.807, 2.05) is 5.51 Å². The van der Waals surface area contributed by atoms with Crippen molar-refractivity contribution in [1.82, 2.24) is 10.3 Å². The molecule has 1 aromatic rings. The lowest BCUT2D eigenvalue weighted by molar-refractivity contribution is -0.0102. The van der Waals surface area contributed by atoms with Crippen LogP contribution in [0.1, 0.15) is 38.8 Å². The number of nitrogens with zero attached hydrogens (tertiary/aromatic N) is 1. The summed E-state index contributed by atoms with van der Waals surface area (Å²) in [5, 5.41) is 15.3. The van der Waals surface area contributed by atoms with Gasteiger partial charge in [0.15, 0.2) is 0 Å². The molecule has 1 saturated carbocycles. The van der Waals surface area contributed by atoms with Crippen LogP contribution < -0.4 is 5.32 Å². The molecule has 0 radical (unpaired) electrons. The number of aliphatic hydroxyl groups excluding tert-OH is 1. The first-order chi connectivity index (χ1) is 8.18. The summed E-state index contributed by atoms with van der Waals surface area (Å²) in [6, 6.07) is 0.392. The fourth-order valence-corrected chi connectivity index (χ4v) is 3.46. The predicted octanol–water partition coefficient (Wildman–Crippen LogP) is 2.42. The highest BCUT2D eigenvalue weighted by atomic mass is 32.1. The Hall–Kier alpha value is -0.450. The molecule has 17 heavy (non-hydrogen) atoms. The number of thiazole rings is 1. The van der Waals surface area contributed by atoms with E-state index in [1.54, 1.807) is 11.3 Å². The number of nitrogens with one attached hydrogen (secondary N) is 1. The van der Waals surface area contributed by atoms with Crippen LogP contribution in [-0.4, -0.2) is 22.7 Å². The second-order valence-electron chi connectivity index (χ2n) is 5.46. The summed E-state index contributed by atoms with van der Waals surface area (Å²) in [6.07, 6.45) is 3.55. The highest BCUT2D eigenvalue weighted by molar-refractivity contribution is 7.07. The number of rotatable bonds is 6. The molecule has 0 aliphatic heterocycles. The molecular weight excluding hydrogens is 232 g/mol. The first kappa shape index (κ1) is 13.0. The van der Waals surface area contributed by atoms with Gasteiger partial charge in [-0.15, -0.1) is 11.3 Å². The summed E-state index contributed by atoms with van der Waals surface area (Å²) in [4.78, 5) is 4.29. The van der Waals surface area contributed by atoms with Gasteiger partial charge in [-0.25, -0.2) is 4.98 Å². The average Bonchev–Trinajstić information content (AvgIpc) is 2.74. The van der Waals surface area contributed by atoms with Crippen molar-refractivity contribution in [3.63, 3.8) is 0 Å². The van der Waals surface area contributed by atoms with E-state index >= 15 is 0 Å². The van der Waals surface area contributed by atoms with Crippen molar-refractivity contribution in [1.29, 1.82) is 0 Å². The van der Waals surface area contributed by atoms with Gasteiger partial charge in [-0.05, 0) is 18.8 Å². The Morgan fingerprint density at radius 3 is 2.71 bits per heavy atom. The summed E-state index contributed by atoms with van der Waals surface area (Å²) < 4.78 is 0. The van der Waals surface area contributed by atoms with Crippen LogP contribution in [0.3, 0.4) is 0 Å². The lowest BCUT2D eigenvalue weighted by Crippen LogP contribution is -2.54. The minimum absolute atomic E-state index is 0.115. The molecular formula is C13H22N2OS. The van der Waals surface area contributed by atoms with Gasteiger partial charge in [0, 0.05) is 23.4 Å². The van der Waals surface area contributed by atoms with Crippen LogP contribution in [0.4, 0.5) is 0 Å². The van der Waals surface area contributed by atoms with Gasteiger partial charge in [0.1, 0.15) is 0 Å². The first-order valence-corrected chi connectivity index (χ1v) is 7.33. The van der Waals surface area contributed by atoms with Gasteiger partial charge in [0.2, 0.25) is 0 Å². The molecule has 1 aromatic heterocycles. The highest BCUT2D eigenvalue weighted by Crippen LogP contribution is 2.45. The normalized spacial score (nSPS) is 20.2. The van der Waals surface area contributed by atoms with Gasteiger partial charge in [-0.1, -0.05) is 20.3 Å². The topological polar surface area (TPSA) is 45.2 Å². The fraction of sp³-hybridized carbons (Fsp3) is 0.769. The number of hydrogen-bond acceptors (Lipinski definition) is 4. The van der Waals surface area contributed by atoms with Crippen LogP contribution >= 0.6 is 11.3 Å². The maximum atomic E-state index is 9.66. The van der Waals surface area contributed by atoms with Gasteiger partial charge < -0.3 is 10.4 Å². The van der Waals surface area contributed by atoms with Crippen LogP contribution in [0.25, 0.3) is 0 Å². The molecule has 1 heterocycles. The third-order valence-electron chi connectivity index (χ3n) is 3.98. The molecule has 0 aromatic carbocycles. The number of hydrogen-bond donors (Lipinski definition) is 2. The van der Waals surface area contributed by atoms with Gasteiger partial charge >= 0.3 is 0 Å². The molecule has 3 nitrogen and oxygen atoms in total. The number of aliphatic hydroxyl groups is 1. The van der Waals surface area contributed by atoms with Crippen molar-refractivity contribution < 1.29 is 5.11 Å². The van der Waals surface area contributed by atoms with Gasteiger partial charge in [-0.2, -0.15) is 0 Å².